The minimum atomic E-state index is 0.428. The highest BCUT2D eigenvalue weighted by atomic mass is 32.1. The van der Waals surface area contributed by atoms with Gasteiger partial charge in [0.05, 0.1) is 0 Å². The van der Waals surface area contributed by atoms with Crippen molar-refractivity contribution in [3.8, 4) is 33.4 Å². The molecule has 0 N–H and O–H groups in total. The molecule has 0 spiro atoms. The number of hydrogen-bond acceptors (Lipinski definition) is 1. The lowest BCUT2D eigenvalue weighted by molar-refractivity contribution is 0.693. The summed E-state index contributed by atoms with van der Waals surface area (Å²) in [5, 5.41) is 7.95. The van der Waals surface area contributed by atoms with Crippen LogP contribution in [0.15, 0.2) is 164 Å². The Hall–Kier alpha value is -5.50. The van der Waals surface area contributed by atoms with E-state index in [9.17, 15) is 0 Å². The van der Waals surface area contributed by atoms with Crippen molar-refractivity contribution in [3.05, 3.63) is 175 Å². The predicted molar refractivity (Wildman–Crippen MR) is 204 cm³/mol. The van der Waals surface area contributed by atoms with Gasteiger partial charge in [-0.25, -0.2) is 0 Å². The molecular formula is C46H30S. The zero-order valence-electron chi connectivity index (χ0n) is 25.7. The number of rotatable bonds is 3. The van der Waals surface area contributed by atoms with Crippen LogP contribution >= 0.6 is 11.3 Å². The Labute approximate surface area is 278 Å². The second kappa shape index (κ2) is 10.5. The third-order valence-corrected chi connectivity index (χ3v) is 11.5. The number of thiophene rings is 1. The maximum atomic E-state index is 2.38. The van der Waals surface area contributed by atoms with Gasteiger partial charge >= 0.3 is 0 Å². The van der Waals surface area contributed by atoms with Gasteiger partial charge in [-0.15, -0.1) is 11.3 Å². The molecule has 220 valence electrons. The average Bonchev–Trinajstić information content (AvgIpc) is 3.54. The van der Waals surface area contributed by atoms with Crippen LogP contribution in [0.25, 0.3) is 81.2 Å². The van der Waals surface area contributed by atoms with Crippen LogP contribution in [0.3, 0.4) is 0 Å². The molecule has 0 aliphatic heterocycles. The Morgan fingerprint density at radius 2 is 1.06 bits per heavy atom. The standard InChI is InChI=1S/C46H30S/c1-3-8-37-32(6-1)22-26-41-40(37)25-23-35-20-21-36(28-44(35)41)31-14-12-29(13-15-31)30-16-18-34(19-17-30)39-10-5-11-42-43-27-24-33-7-2-4-9-38(33)46(43)47-45(39)42/h1-28,32,37H. The van der Waals surface area contributed by atoms with Gasteiger partial charge in [0, 0.05) is 32.0 Å². The Balaban J connectivity index is 0.969. The third-order valence-electron chi connectivity index (χ3n) is 10.3. The van der Waals surface area contributed by atoms with Crippen molar-refractivity contribution in [3.63, 3.8) is 0 Å². The van der Waals surface area contributed by atoms with E-state index in [-0.39, 0.29) is 0 Å². The molecule has 1 aromatic heterocycles. The van der Waals surface area contributed by atoms with Crippen molar-refractivity contribution < 1.29 is 0 Å². The van der Waals surface area contributed by atoms with E-state index < -0.39 is 0 Å². The smallest absolute Gasteiger partial charge is 0.0434 e. The van der Waals surface area contributed by atoms with Gasteiger partial charge in [0.25, 0.3) is 0 Å². The van der Waals surface area contributed by atoms with Crippen LogP contribution in [0.5, 0.6) is 0 Å². The minimum Gasteiger partial charge on any atom is -0.134 e. The molecule has 0 bridgehead atoms. The first-order chi connectivity index (χ1) is 23.3. The Morgan fingerprint density at radius 1 is 0.426 bits per heavy atom. The Bertz CT molecular complexity index is 2610. The SMILES string of the molecule is C1=CC2C=Cc3c(ccc4ccc(-c5ccc(-c6ccc(-c7cccc8c7sc7c9ccccc9ccc87)cc6)cc5)cc34)C2C=C1. The highest BCUT2D eigenvalue weighted by molar-refractivity contribution is 7.27. The summed E-state index contributed by atoms with van der Waals surface area (Å²) in [5.74, 6) is 0.886. The van der Waals surface area contributed by atoms with E-state index in [1.165, 1.54) is 86.2 Å². The van der Waals surface area contributed by atoms with E-state index in [0.717, 1.165) is 0 Å². The average molecular weight is 615 g/mol. The topological polar surface area (TPSA) is 0 Å². The van der Waals surface area contributed by atoms with Crippen molar-refractivity contribution in [1.82, 2.24) is 0 Å². The van der Waals surface area contributed by atoms with Crippen LogP contribution in [0.1, 0.15) is 17.0 Å². The number of fused-ring (bicyclic) bond motifs is 10. The van der Waals surface area contributed by atoms with Crippen LogP contribution < -0.4 is 0 Å². The second-order valence-corrected chi connectivity index (χ2v) is 13.9. The molecule has 1 heteroatoms. The van der Waals surface area contributed by atoms with E-state index in [2.05, 4.69) is 170 Å². The fourth-order valence-electron chi connectivity index (χ4n) is 7.79. The fourth-order valence-corrected chi connectivity index (χ4v) is 9.17. The van der Waals surface area contributed by atoms with Gasteiger partial charge in [-0.3, -0.25) is 0 Å². The Morgan fingerprint density at radius 3 is 1.91 bits per heavy atom. The number of benzene rings is 7. The molecule has 0 saturated heterocycles. The van der Waals surface area contributed by atoms with Crippen molar-refractivity contribution >= 4 is 59.1 Å². The molecular weight excluding hydrogens is 585 g/mol. The summed E-state index contributed by atoms with van der Waals surface area (Å²) < 4.78 is 2.73. The van der Waals surface area contributed by atoms with Crippen molar-refractivity contribution in [2.75, 3.05) is 0 Å². The fraction of sp³-hybridized carbons (Fsp3) is 0.0435. The molecule has 1 heterocycles. The van der Waals surface area contributed by atoms with Crippen LogP contribution in [0, 0.1) is 5.92 Å². The maximum absolute atomic E-state index is 2.38. The molecule has 10 rings (SSSR count). The summed E-state index contributed by atoms with van der Waals surface area (Å²) in [5.41, 5.74) is 10.3. The van der Waals surface area contributed by atoms with Gasteiger partial charge in [0.1, 0.15) is 0 Å². The summed E-state index contributed by atoms with van der Waals surface area (Å²) >= 11 is 1.92. The largest absolute Gasteiger partial charge is 0.134 e. The van der Waals surface area contributed by atoms with Gasteiger partial charge < -0.3 is 0 Å². The van der Waals surface area contributed by atoms with Gasteiger partial charge in [-0.1, -0.05) is 164 Å². The van der Waals surface area contributed by atoms with Crippen LogP contribution in [0.2, 0.25) is 0 Å². The lowest BCUT2D eigenvalue weighted by Gasteiger charge is -2.28. The summed E-state index contributed by atoms with van der Waals surface area (Å²) in [6.07, 6.45) is 13.7. The summed E-state index contributed by atoms with van der Waals surface area (Å²) in [4.78, 5) is 0. The van der Waals surface area contributed by atoms with E-state index in [1.807, 2.05) is 11.3 Å². The maximum Gasteiger partial charge on any atom is 0.0434 e. The molecule has 0 nitrogen and oxygen atoms in total. The number of allylic oxidation sites excluding steroid dienone is 5. The second-order valence-electron chi connectivity index (χ2n) is 12.8. The molecule has 8 aromatic rings. The van der Waals surface area contributed by atoms with Gasteiger partial charge in [0.15, 0.2) is 0 Å². The monoisotopic (exact) mass is 614 g/mol. The van der Waals surface area contributed by atoms with Crippen LogP contribution in [0.4, 0.5) is 0 Å². The first-order valence-corrected chi connectivity index (χ1v) is 17.2. The molecule has 0 saturated carbocycles. The molecule has 0 radical (unpaired) electrons. The minimum absolute atomic E-state index is 0.428. The first-order valence-electron chi connectivity index (χ1n) is 16.4. The predicted octanol–water partition coefficient (Wildman–Crippen LogP) is 13.2. The van der Waals surface area contributed by atoms with E-state index in [0.29, 0.717) is 11.8 Å². The zero-order valence-corrected chi connectivity index (χ0v) is 26.5. The molecule has 2 atom stereocenters. The molecule has 2 unspecified atom stereocenters. The highest BCUT2D eigenvalue weighted by Crippen LogP contribution is 2.44. The molecule has 0 fully saturated rings. The number of hydrogen-bond donors (Lipinski definition) is 0. The van der Waals surface area contributed by atoms with Gasteiger partial charge in [-0.2, -0.15) is 0 Å². The summed E-state index contributed by atoms with van der Waals surface area (Å²) in [7, 11) is 0. The van der Waals surface area contributed by atoms with Gasteiger partial charge in [0.2, 0.25) is 0 Å². The quantitative estimate of drug-likeness (QED) is 0.186. The van der Waals surface area contributed by atoms with Crippen molar-refractivity contribution in [2.24, 2.45) is 5.92 Å². The first kappa shape index (κ1) is 26.7. The van der Waals surface area contributed by atoms with E-state index in [1.54, 1.807) is 0 Å². The van der Waals surface area contributed by atoms with E-state index in [4.69, 9.17) is 0 Å². The van der Waals surface area contributed by atoms with Crippen molar-refractivity contribution in [1.29, 1.82) is 0 Å². The van der Waals surface area contributed by atoms with Crippen molar-refractivity contribution in [2.45, 2.75) is 5.92 Å². The summed E-state index contributed by atoms with van der Waals surface area (Å²) in [6.45, 7) is 0. The summed E-state index contributed by atoms with van der Waals surface area (Å²) in [6, 6.07) is 49.7. The molecule has 7 aromatic carbocycles. The van der Waals surface area contributed by atoms with Crippen LogP contribution in [-0.4, -0.2) is 0 Å². The van der Waals surface area contributed by atoms with E-state index >= 15 is 0 Å². The highest BCUT2D eigenvalue weighted by Gasteiger charge is 2.25. The normalized spacial score (nSPS) is 16.7. The lowest BCUT2D eigenvalue weighted by Crippen LogP contribution is -2.13. The third kappa shape index (κ3) is 4.28. The molecule has 0 amide bonds. The van der Waals surface area contributed by atoms with Crippen LogP contribution in [-0.2, 0) is 0 Å². The lowest BCUT2D eigenvalue weighted by atomic mass is 9.76. The molecule has 2 aliphatic rings. The zero-order chi connectivity index (χ0) is 30.9. The molecule has 47 heavy (non-hydrogen) atoms. The molecule has 2 aliphatic carbocycles. The Kier molecular flexibility index (Phi) is 5.97. The van der Waals surface area contributed by atoms with Gasteiger partial charge in [-0.05, 0) is 72.1 Å².